The van der Waals surface area contributed by atoms with Crippen LogP contribution in [0.15, 0.2) is 41.7 Å². The first-order valence-corrected chi connectivity index (χ1v) is 7.50. The zero-order valence-corrected chi connectivity index (χ0v) is 14.1. The molecule has 0 aliphatic rings. The predicted molar refractivity (Wildman–Crippen MR) is 91.8 cm³/mol. The summed E-state index contributed by atoms with van der Waals surface area (Å²) in [6, 6.07) is 2.29. The number of anilines is 1. The van der Waals surface area contributed by atoms with Crippen molar-refractivity contribution in [3.63, 3.8) is 0 Å². The number of aliphatic imine (C=N–C) groups is 1. The zero-order valence-electron chi connectivity index (χ0n) is 14.1. The van der Waals surface area contributed by atoms with Gasteiger partial charge >= 0.3 is 0 Å². The van der Waals surface area contributed by atoms with E-state index in [1.54, 1.807) is 10.8 Å². The van der Waals surface area contributed by atoms with Crippen LogP contribution in [0.4, 0.5) is 5.82 Å². The third kappa shape index (κ3) is 5.98. The molecule has 0 saturated carbocycles. The summed E-state index contributed by atoms with van der Waals surface area (Å²) in [4.78, 5) is 4.69. The maximum absolute atomic E-state index is 4.69. The SMILES string of the molecule is C=C/C(=N\C(=C\C(C)(C)C)CC)n1ccc(NC(C)C)n1. The molecule has 1 rings (SSSR count). The van der Waals surface area contributed by atoms with E-state index in [9.17, 15) is 0 Å². The molecule has 1 N–H and O–H groups in total. The lowest BCUT2D eigenvalue weighted by molar-refractivity contribution is 0.537. The Morgan fingerprint density at radius 3 is 2.62 bits per heavy atom. The summed E-state index contributed by atoms with van der Waals surface area (Å²) in [6.45, 7) is 16.6. The normalized spacial score (nSPS) is 13.7. The van der Waals surface area contributed by atoms with Crippen LogP contribution in [0.5, 0.6) is 0 Å². The lowest BCUT2D eigenvalue weighted by Crippen LogP contribution is -2.13. The molecule has 1 aromatic heterocycles. The van der Waals surface area contributed by atoms with Crippen molar-refractivity contribution in [1.82, 2.24) is 9.78 Å². The summed E-state index contributed by atoms with van der Waals surface area (Å²) in [6.07, 6.45) is 6.70. The first-order valence-electron chi connectivity index (χ1n) is 7.50. The molecular formula is C17H28N4. The van der Waals surface area contributed by atoms with Crippen molar-refractivity contribution >= 4 is 11.7 Å². The van der Waals surface area contributed by atoms with Gasteiger partial charge in [-0.25, -0.2) is 9.67 Å². The van der Waals surface area contributed by atoms with E-state index in [2.05, 4.69) is 64.6 Å². The van der Waals surface area contributed by atoms with Crippen molar-refractivity contribution in [3.8, 4) is 0 Å². The largest absolute Gasteiger partial charge is 0.366 e. The molecule has 0 aliphatic carbocycles. The fraction of sp³-hybridized carbons (Fsp3) is 0.529. The molecule has 0 unspecified atom stereocenters. The Labute approximate surface area is 128 Å². The highest BCUT2D eigenvalue weighted by molar-refractivity contribution is 5.94. The van der Waals surface area contributed by atoms with E-state index >= 15 is 0 Å². The molecule has 21 heavy (non-hydrogen) atoms. The molecule has 0 bridgehead atoms. The summed E-state index contributed by atoms with van der Waals surface area (Å²) < 4.78 is 1.75. The standard InChI is InChI=1S/C17H28N4/c1-8-14(12-17(5,6)7)19-16(9-2)21-11-10-15(20-21)18-13(3)4/h9-13H,2,8H2,1,3-7H3,(H,18,20)/b14-12+,19-16+. The minimum atomic E-state index is 0.107. The van der Waals surface area contributed by atoms with Gasteiger partial charge in [0.15, 0.2) is 5.84 Å². The van der Waals surface area contributed by atoms with Crippen molar-refractivity contribution in [1.29, 1.82) is 0 Å². The van der Waals surface area contributed by atoms with E-state index in [1.807, 2.05) is 12.3 Å². The van der Waals surface area contributed by atoms with E-state index in [0.717, 1.165) is 23.8 Å². The maximum Gasteiger partial charge on any atom is 0.153 e. The predicted octanol–water partition coefficient (Wildman–Crippen LogP) is 4.48. The number of rotatable bonds is 5. The smallest absolute Gasteiger partial charge is 0.153 e. The number of nitrogens with one attached hydrogen (secondary N) is 1. The fourth-order valence-electron chi connectivity index (χ4n) is 1.88. The highest BCUT2D eigenvalue weighted by Crippen LogP contribution is 2.20. The van der Waals surface area contributed by atoms with Crippen LogP contribution in [-0.4, -0.2) is 21.7 Å². The van der Waals surface area contributed by atoms with E-state index in [0.29, 0.717) is 6.04 Å². The Morgan fingerprint density at radius 1 is 1.48 bits per heavy atom. The number of hydrogen-bond donors (Lipinski definition) is 1. The van der Waals surface area contributed by atoms with Gasteiger partial charge in [0.2, 0.25) is 0 Å². The second kappa shape index (κ2) is 7.25. The first-order chi connectivity index (χ1) is 9.75. The molecule has 4 heteroatoms. The Bertz CT molecular complexity index is 527. The van der Waals surface area contributed by atoms with Crippen LogP contribution in [0.3, 0.4) is 0 Å². The third-order valence-electron chi connectivity index (χ3n) is 2.66. The van der Waals surface area contributed by atoms with Crippen molar-refractivity contribution in [3.05, 3.63) is 36.7 Å². The molecule has 1 aromatic rings. The number of allylic oxidation sites excluding steroid dienone is 3. The van der Waals surface area contributed by atoms with Gasteiger partial charge in [0.1, 0.15) is 5.82 Å². The van der Waals surface area contributed by atoms with Gasteiger partial charge in [-0.1, -0.05) is 40.3 Å². The molecule has 0 fully saturated rings. The summed E-state index contributed by atoms with van der Waals surface area (Å²) in [5.41, 5.74) is 1.15. The van der Waals surface area contributed by atoms with Gasteiger partial charge < -0.3 is 5.32 Å². The van der Waals surface area contributed by atoms with Gasteiger partial charge in [0, 0.05) is 24.0 Å². The van der Waals surface area contributed by atoms with Crippen molar-refractivity contribution in [2.24, 2.45) is 10.4 Å². The van der Waals surface area contributed by atoms with E-state index in [1.165, 1.54) is 0 Å². The van der Waals surface area contributed by atoms with Crippen LogP contribution >= 0.6 is 0 Å². The Morgan fingerprint density at radius 2 is 2.14 bits per heavy atom. The summed E-state index contributed by atoms with van der Waals surface area (Å²) in [5, 5.41) is 7.76. The van der Waals surface area contributed by atoms with E-state index in [-0.39, 0.29) is 5.41 Å². The highest BCUT2D eigenvalue weighted by atomic mass is 15.3. The molecule has 0 spiro atoms. The number of nitrogens with zero attached hydrogens (tertiary/aromatic N) is 3. The minimum Gasteiger partial charge on any atom is -0.366 e. The van der Waals surface area contributed by atoms with Gasteiger partial charge in [0.05, 0.1) is 0 Å². The van der Waals surface area contributed by atoms with Crippen LogP contribution in [0.2, 0.25) is 0 Å². The van der Waals surface area contributed by atoms with Gasteiger partial charge in [0.25, 0.3) is 0 Å². The molecule has 0 saturated heterocycles. The molecule has 0 aliphatic heterocycles. The molecule has 116 valence electrons. The minimum absolute atomic E-state index is 0.107. The monoisotopic (exact) mass is 288 g/mol. The molecular weight excluding hydrogens is 260 g/mol. The lowest BCUT2D eigenvalue weighted by Gasteiger charge is -2.14. The Kier molecular flexibility index (Phi) is 5.94. The number of aromatic nitrogens is 2. The van der Waals surface area contributed by atoms with Crippen LogP contribution in [-0.2, 0) is 0 Å². The average molecular weight is 288 g/mol. The van der Waals surface area contributed by atoms with Crippen LogP contribution in [0.1, 0.15) is 48.0 Å². The topological polar surface area (TPSA) is 42.2 Å². The fourth-order valence-corrected chi connectivity index (χ4v) is 1.88. The van der Waals surface area contributed by atoms with Crippen LogP contribution in [0.25, 0.3) is 0 Å². The first kappa shape index (κ1) is 17.2. The average Bonchev–Trinajstić information content (AvgIpc) is 2.80. The summed E-state index contributed by atoms with van der Waals surface area (Å²) >= 11 is 0. The molecule has 0 radical (unpaired) electrons. The second-order valence-corrected chi connectivity index (χ2v) is 6.47. The van der Waals surface area contributed by atoms with Crippen molar-refractivity contribution in [2.75, 3.05) is 5.32 Å². The molecule has 1 heterocycles. The second-order valence-electron chi connectivity index (χ2n) is 6.47. The molecule has 4 nitrogen and oxygen atoms in total. The molecule has 0 amide bonds. The highest BCUT2D eigenvalue weighted by Gasteiger charge is 2.09. The maximum atomic E-state index is 4.69. The lowest BCUT2D eigenvalue weighted by atomic mass is 9.95. The van der Waals surface area contributed by atoms with Gasteiger partial charge in [-0.2, -0.15) is 0 Å². The van der Waals surface area contributed by atoms with Gasteiger partial charge in [-0.3, -0.25) is 0 Å². The van der Waals surface area contributed by atoms with Crippen molar-refractivity contribution in [2.45, 2.75) is 54.0 Å². The van der Waals surface area contributed by atoms with Crippen LogP contribution < -0.4 is 5.32 Å². The molecule has 0 aromatic carbocycles. The van der Waals surface area contributed by atoms with Gasteiger partial charge in [-0.15, -0.1) is 5.10 Å². The summed E-state index contributed by atoms with van der Waals surface area (Å²) in [7, 11) is 0. The van der Waals surface area contributed by atoms with E-state index < -0.39 is 0 Å². The Balaban J connectivity index is 3.06. The molecule has 0 atom stereocenters. The zero-order chi connectivity index (χ0) is 16.0. The van der Waals surface area contributed by atoms with E-state index in [4.69, 9.17) is 4.99 Å². The third-order valence-corrected chi connectivity index (χ3v) is 2.66. The number of hydrogen-bond acceptors (Lipinski definition) is 3. The van der Waals surface area contributed by atoms with Gasteiger partial charge in [-0.05, 0) is 31.8 Å². The van der Waals surface area contributed by atoms with Crippen LogP contribution in [0, 0.1) is 5.41 Å². The quantitative estimate of drug-likeness (QED) is 0.641. The summed E-state index contributed by atoms with van der Waals surface area (Å²) in [5.74, 6) is 1.58. The van der Waals surface area contributed by atoms with Crippen molar-refractivity contribution < 1.29 is 0 Å². The Hall–Kier alpha value is -1.84.